The fourth-order valence-electron chi connectivity index (χ4n) is 1.57. The van der Waals surface area contributed by atoms with E-state index in [2.05, 4.69) is 15.3 Å². The molecule has 80 valence electrons. The molecule has 1 aliphatic carbocycles. The number of nitro groups is 1. The van der Waals surface area contributed by atoms with Crippen LogP contribution >= 0.6 is 0 Å². The van der Waals surface area contributed by atoms with Gasteiger partial charge in [-0.1, -0.05) is 0 Å². The quantitative estimate of drug-likeness (QED) is 0.602. The van der Waals surface area contributed by atoms with Gasteiger partial charge in [-0.15, -0.1) is 0 Å². The second kappa shape index (κ2) is 3.45. The van der Waals surface area contributed by atoms with Crippen LogP contribution in [-0.4, -0.2) is 21.9 Å². The zero-order chi connectivity index (χ0) is 11.0. The zero-order valence-corrected chi connectivity index (χ0v) is 8.65. The molecule has 0 radical (unpaired) electrons. The highest BCUT2D eigenvalue weighted by Gasteiger charge is 2.34. The van der Waals surface area contributed by atoms with Gasteiger partial charge in [0.25, 0.3) is 0 Å². The van der Waals surface area contributed by atoms with Crippen molar-refractivity contribution in [3.05, 3.63) is 21.5 Å². The van der Waals surface area contributed by atoms with Crippen LogP contribution in [-0.2, 0) is 0 Å². The summed E-state index contributed by atoms with van der Waals surface area (Å²) in [5, 5.41) is 13.7. The molecule has 1 saturated carbocycles. The van der Waals surface area contributed by atoms with Crippen molar-refractivity contribution in [2.45, 2.75) is 25.7 Å². The molecule has 0 unspecified atom stereocenters. The predicted molar refractivity (Wildman–Crippen MR) is 54.9 cm³/mol. The predicted octanol–water partition coefficient (Wildman–Crippen LogP) is 1.61. The molecule has 2 rings (SSSR count). The molecule has 1 aromatic heterocycles. The van der Waals surface area contributed by atoms with Crippen LogP contribution in [0.4, 0.5) is 11.6 Å². The average Bonchev–Trinajstić information content (AvgIpc) is 2.98. The van der Waals surface area contributed by atoms with Gasteiger partial charge in [0, 0.05) is 13.0 Å². The third-order valence-corrected chi connectivity index (χ3v) is 2.46. The van der Waals surface area contributed by atoms with Crippen molar-refractivity contribution in [3.63, 3.8) is 0 Å². The van der Waals surface area contributed by atoms with Crippen molar-refractivity contribution < 1.29 is 4.92 Å². The van der Waals surface area contributed by atoms with E-state index in [1.807, 2.05) is 0 Å². The van der Waals surface area contributed by atoms with Gasteiger partial charge in [0.1, 0.15) is 11.4 Å². The van der Waals surface area contributed by atoms with Gasteiger partial charge in [-0.2, -0.15) is 0 Å². The first-order chi connectivity index (χ1) is 7.13. The third kappa shape index (κ3) is 1.74. The van der Waals surface area contributed by atoms with E-state index in [0.717, 1.165) is 12.8 Å². The van der Waals surface area contributed by atoms with Crippen LogP contribution in [0.25, 0.3) is 0 Å². The number of hydrogen-bond donors (Lipinski definition) is 1. The molecule has 1 N–H and O–H groups in total. The van der Waals surface area contributed by atoms with Crippen LogP contribution in [0, 0.1) is 17.0 Å². The number of anilines is 1. The molecule has 6 nitrogen and oxygen atoms in total. The van der Waals surface area contributed by atoms with Crippen molar-refractivity contribution in [3.8, 4) is 0 Å². The van der Waals surface area contributed by atoms with Crippen molar-refractivity contribution in [2.24, 2.45) is 0 Å². The summed E-state index contributed by atoms with van der Waals surface area (Å²) in [7, 11) is 1.71. The highest BCUT2D eigenvalue weighted by Crippen LogP contribution is 2.43. The fraction of sp³-hybridized carbons (Fsp3) is 0.556. The Labute approximate surface area is 86.9 Å². The first kappa shape index (κ1) is 9.82. The van der Waals surface area contributed by atoms with E-state index in [1.165, 1.54) is 0 Å². The Balaban J connectivity index is 2.55. The molecule has 0 saturated heterocycles. The van der Waals surface area contributed by atoms with Crippen LogP contribution in [0.2, 0.25) is 0 Å². The molecule has 0 spiro atoms. The van der Waals surface area contributed by atoms with Crippen LogP contribution in [0.1, 0.15) is 30.1 Å². The molecule has 15 heavy (non-hydrogen) atoms. The minimum Gasteiger partial charge on any atom is -0.357 e. The van der Waals surface area contributed by atoms with Gasteiger partial charge < -0.3 is 5.32 Å². The smallest absolute Gasteiger partial charge is 0.312 e. The zero-order valence-electron chi connectivity index (χ0n) is 8.65. The maximum atomic E-state index is 10.9. The minimum absolute atomic E-state index is 0.0801. The summed E-state index contributed by atoms with van der Waals surface area (Å²) in [6, 6.07) is 0. The van der Waals surface area contributed by atoms with Crippen LogP contribution in [0.3, 0.4) is 0 Å². The molecular formula is C9H12N4O2. The van der Waals surface area contributed by atoms with Gasteiger partial charge in [-0.25, -0.2) is 9.97 Å². The Bertz CT molecular complexity index is 415. The highest BCUT2D eigenvalue weighted by molar-refractivity contribution is 5.47. The van der Waals surface area contributed by atoms with E-state index in [1.54, 1.807) is 14.0 Å². The van der Waals surface area contributed by atoms with Gasteiger partial charge in [-0.3, -0.25) is 10.1 Å². The van der Waals surface area contributed by atoms with E-state index >= 15 is 0 Å². The number of nitrogens with zero attached hydrogens (tertiary/aromatic N) is 3. The van der Waals surface area contributed by atoms with Crippen molar-refractivity contribution in [2.75, 3.05) is 12.4 Å². The van der Waals surface area contributed by atoms with Gasteiger partial charge in [0.15, 0.2) is 0 Å². The molecule has 1 aliphatic rings. The van der Waals surface area contributed by atoms with E-state index in [4.69, 9.17) is 0 Å². The van der Waals surface area contributed by atoms with E-state index < -0.39 is 0 Å². The Kier molecular flexibility index (Phi) is 2.26. The second-order valence-electron chi connectivity index (χ2n) is 3.65. The second-order valence-corrected chi connectivity index (χ2v) is 3.65. The molecule has 6 heteroatoms. The lowest BCUT2D eigenvalue weighted by Crippen LogP contribution is -2.06. The van der Waals surface area contributed by atoms with E-state index in [9.17, 15) is 10.1 Å². The van der Waals surface area contributed by atoms with Gasteiger partial charge in [0.2, 0.25) is 5.95 Å². The molecule has 0 aliphatic heterocycles. The lowest BCUT2D eigenvalue weighted by atomic mass is 10.2. The largest absolute Gasteiger partial charge is 0.357 e. The average molecular weight is 208 g/mol. The summed E-state index contributed by atoms with van der Waals surface area (Å²) in [6.07, 6.45) is 1.97. The summed E-state index contributed by atoms with van der Waals surface area (Å²) >= 11 is 0. The first-order valence-corrected chi connectivity index (χ1v) is 4.84. The van der Waals surface area contributed by atoms with Gasteiger partial charge in [-0.05, 0) is 19.8 Å². The third-order valence-electron chi connectivity index (χ3n) is 2.46. The van der Waals surface area contributed by atoms with Crippen molar-refractivity contribution in [1.29, 1.82) is 0 Å². The molecule has 0 amide bonds. The monoisotopic (exact) mass is 208 g/mol. The van der Waals surface area contributed by atoms with Crippen LogP contribution < -0.4 is 5.32 Å². The number of rotatable bonds is 3. The Hall–Kier alpha value is -1.72. The molecule has 1 fully saturated rings. The maximum absolute atomic E-state index is 10.9. The lowest BCUT2D eigenvalue weighted by Gasteiger charge is -2.05. The Morgan fingerprint density at radius 2 is 2.13 bits per heavy atom. The lowest BCUT2D eigenvalue weighted by molar-refractivity contribution is -0.386. The van der Waals surface area contributed by atoms with Gasteiger partial charge >= 0.3 is 5.69 Å². The molecule has 1 heterocycles. The minimum atomic E-state index is -0.386. The molecule has 0 bridgehead atoms. The first-order valence-electron chi connectivity index (χ1n) is 4.84. The standard InChI is InChI=1S/C9H12N4O2/c1-5-8(13(14)15)7(6-3-4-6)12-9(10-2)11-5/h6H,3-4H2,1-2H3,(H,10,11,12). The maximum Gasteiger partial charge on any atom is 0.312 e. The Morgan fingerprint density at radius 3 is 2.60 bits per heavy atom. The summed E-state index contributed by atoms with van der Waals surface area (Å²) < 4.78 is 0. The van der Waals surface area contributed by atoms with Crippen molar-refractivity contribution in [1.82, 2.24) is 9.97 Å². The number of aromatic nitrogens is 2. The summed E-state index contributed by atoms with van der Waals surface area (Å²) in [5.41, 5.74) is 1.09. The number of nitrogens with one attached hydrogen (secondary N) is 1. The van der Waals surface area contributed by atoms with Gasteiger partial charge in [0.05, 0.1) is 4.92 Å². The van der Waals surface area contributed by atoms with Crippen LogP contribution in [0.15, 0.2) is 0 Å². The Morgan fingerprint density at radius 1 is 1.47 bits per heavy atom. The fourth-order valence-corrected chi connectivity index (χ4v) is 1.57. The molecule has 1 aromatic rings. The highest BCUT2D eigenvalue weighted by atomic mass is 16.6. The number of aryl methyl sites for hydroxylation is 1. The van der Waals surface area contributed by atoms with E-state index in [0.29, 0.717) is 17.3 Å². The SMILES string of the molecule is CNc1nc(C)c([N+](=O)[O-])c(C2CC2)n1. The van der Waals surface area contributed by atoms with E-state index in [-0.39, 0.29) is 16.5 Å². The topological polar surface area (TPSA) is 81.0 Å². The summed E-state index contributed by atoms with van der Waals surface area (Å²) in [6.45, 7) is 1.65. The van der Waals surface area contributed by atoms with Crippen LogP contribution in [0.5, 0.6) is 0 Å². The number of hydrogen-bond acceptors (Lipinski definition) is 5. The molecular weight excluding hydrogens is 196 g/mol. The molecule has 0 aromatic carbocycles. The summed E-state index contributed by atoms with van der Waals surface area (Å²) in [5.74, 6) is 0.708. The summed E-state index contributed by atoms with van der Waals surface area (Å²) in [4.78, 5) is 18.7. The van der Waals surface area contributed by atoms with Crippen molar-refractivity contribution >= 4 is 11.6 Å². The normalized spacial score (nSPS) is 15.1. The molecule has 0 atom stereocenters.